The van der Waals surface area contributed by atoms with E-state index < -0.39 is 18.2 Å². The molecule has 4 rings (SSSR count). The summed E-state index contributed by atoms with van der Waals surface area (Å²) in [4.78, 5) is 0. The third kappa shape index (κ3) is 3.86. The quantitative estimate of drug-likeness (QED) is 0.784. The van der Waals surface area contributed by atoms with Gasteiger partial charge in [0.1, 0.15) is 12.4 Å². The SMILES string of the molecule is OC1C[C@@H]2[C@@H](CCC3(COc4ccc(Cl)cc4)OCCO3)[C@H](O)C[C@@H]2O1. The van der Waals surface area contributed by atoms with Crippen LogP contribution in [-0.2, 0) is 14.2 Å². The summed E-state index contributed by atoms with van der Waals surface area (Å²) in [6.45, 7) is 1.35. The van der Waals surface area contributed by atoms with Gasteiger partial charge >= 0.3 is 0 Å². The van der Waals surface area contributed by atoms with Crippen molar-refractivity contribution in [3.63, 3.8) is 0 Å². The normalized spacial score (nSPS) is 35.6. The maximum atomic E-state index is 10.4. The predicted octanol–water partition coefficient (Wildman–Crippen LogP) is 2.35. The number of hydrogen-bond donors (Lipinski definition) is 2. The molecule has 0 amide bonds. The molecule has 1 saturated carbocycles. The van der Waals surface area contributed by atoms with E-state index in [4.69, 9.17) is 30.5 Å². The van der Waals surface area contributed by atoms with E-state index in [2.05, 4.69) is 0 Å². The smallest absolute Gasteiger partial charge is 0.203 e. The van der Waals surface area contributed by atoms with Crippen molar-refractivity contribution in [3.8, 4) is 5.75 Å². The lowest BCUT2D eigenvalue weighted by Crippen LogP contribution is -2.38. The molecule has 1 unspecified atom stereocenters. The summed E-state index contributed by atoms with van der Waals surface area (Å²) >= 11 is 5.90. The summed E-state index contributed by atoms with van der Waals surface area (Å²) in [6, 6.07) is 7.18. The van der Waals surface area contributed by atoms with Crippen LogP contribution in [0.5, 0.6) is 5.75 Å². The molecule has 0 aromatic heterocycles. The van der Waals surface area contributed by atoms with Crippen LogP contribution < -0.4 is 4.74 Å². The van der Waals surface area contributed by atoms with Crippen molar-refractivity contribution in [1.82, 2.24) is 0 Å². The average molecular weight is 385 g/mol. The number of fused-ring (bicyclic) bond motifs is 1. The fourth-order valence-electron chi connectivity index (χ4n) is 4.44. The van der Waals surface area contributed by atoms with Gasteiger partial charge < -0.3 is 29.2 Å². The Morgan fingerprint density at radius 2 is 1.85 bits per heavy atom. The zero-order valence-corrected chi connectivity index (χ0v) is 15.3. The van der Waals surface area contributed by atoms with Crippen molar-refractivity contribution in [2.75, 3.05) is 19.8 Å². The van der Waals surface area contributed by atoms with E-state index in [0.717, 1.165) is 6.42 Å². The van der Waals surface area contributed by atoms with Crippen LogP contribution >= 0.6 is 11.6 Å². The number of ether oxygens (including phenoxy) is 4. The number of aliphatic hydroxyl groups is 2. The lowest BCUT2D eigenvalue weighted by molar-refractivity contribution is -0.185. The standard InChI is InChI=1S/C19H25ClO6/c20-12-1-3-13(4-2-12)23-11-19(24-7-8-25-19)6-5-14-15-9-18(22)26-17(15)10-16(14)21/h1-4,14-18,21-22H,5-11H2/t14-,15-,16-,17+,18?/m1/s1. The van der Waals surface area contributed by atoms with E-state index in [-0.39, 0.29) is 24.5 Å². The van der Waals surface area contributed by atoms with Crippen LogP contribution in [0.3, 0.4) is 0 Å². The van der Waals surface area contributed by atoms with Crippen LogP contribution in [0.2, 0.25) is 5.02 Å². The van der Waals surface area contributed by atoms with Gasteiger partial charge in [-0.1, -0.05) is 11.6 Å². The Morgan fingerprint density at radius 3 is 2.58 bits per heavy atom. The van der Waals surface area contributed by atoms with Crippen LogP contribution in [0.25, 0.3) is 0 Å². The molecule has 2 N–H and O–H groups in total. The molecule has 2 saturated heterocycles. The Bertz CT molecular complexity index is 603. The molecule has 7 heteroatoms. The van der Waals surface area contributed by atoms with Crippen LogP contribution in [0.15, 0.2) is 24.3 Å². The van der Waals surface area contributed by atoms with Crippen molar-refractivity contribution in [2.45, 2.75) is 50.0 Å². The van der Waals surface area contributed by atoms with Gasteiger partial charge in [0.15, 0.2) is 6.29 Å². The second-order valence-electron chi connectivity index (χ2n) is 7.38. The molecule has 1 aromatic rings. The lowest BCUT2D eigenvalue weighted by Gasteiger charge is -2.30. The Morgan fingerprint density at radius 1 is 1.12 bits per heavy atom. The van der Waals surface area contributed by atoms with E-state index in [0.29, 0.717) is 43.2 Å². The second-order valence-corrected chi connectivity index (χ2v) is 7.82. The molecule has 26 heavy (non-hydrogen) atoms. The monoisotopic (exact) mass is 384 g/mol. The Balaban J connectivity index is 1.36. The van der Waals surface area contributed by atoms with Gasteiger partial charge in [-0.05, 0) is 42.5 Å². The van der Waals surface area contributed by atoms with E-state index in [1.807, 2.05) is 12.1 Å². The molecule has 144 valence electrons. The summed E-state index contributed by atoms with van der Waals surface area (Å²) in [6.07, 6.45) is 1.38. The second kappa shape index (κ2) is 7.62. The molecule has 5 atom stereocenters. The summed E-state index contributed by atoms with van der Waals surface area (Å²) < 4.78 is 23.1. The molecule has 2 heterocycles. The first-order valence-electron chi connectivity index (χ1n) is 9.22. The molecule has 6 nitrogen and oxygen atoms in total. The molecule has 1 aliphatic carbocycles. The molecule has 3 aliphatic rings. The predicted molar refractivity (Wildman–Crippen MR) is 93.9 cm³/mol. The minimum absolute atomic E-state index is 0.0447. The van der Waals surface area contributed by atoms with E-state index in [1.165, 1.54) is 0 Å². The van der Waals surface area contributed by atoms with Gasteiger partial charge in [-0.2, -0.15) is 0 Å². The molecule has 0 bridgehead atoms. The first-order valence-corrected chi connectivity index (χ1v) is 9.60. The number of rotatable bonds is 6. The summed E-state index contributed by atoms with van der Waals surface area (Å²) in [5, 5.41) is 20.8. The molecular formula is C19H25ClO6. The van der Waals surface area contributed by atoms with Crippen molar-refractivity contribution >= 4 is 11.6 Å². The number of benzene rings is 1. The molecule has 0 spiro atoms. The van der Waals surface area contributed by atoms with Gasteiger partial charge in [0.2, 0.25) is 5.79 Å². The molecule has 1 aromatic carbocycles. The molecule has 0 radical (unpaired) electrons. The summed E-state index contributed by atoms with van der Waals surface area (Å²) in [5.74, 6) is 0.185. The Hall–Kier alpha value is -0.890. The highest BCUT2D eigenvalue weighted by Gasteiger charge is 2.49. The van der Waals surface area contributed by atoms with Gasteiger partial charge in [-0.25, -0.2) is 0 Å². The Kier molecular flexibility index (Phi) is 5.41. The first-order chi connectivity index (χ1) is 12.5. The van der Waals surface area contributed by atoms with Gasteiger partial charge in [0, 0.05) is 24.3 Å². The maximum Gasteiger partial charge on any atom is 0.203 e. The summed E-state index contributed by atoms with van der Waals surface area (Å²) in [7, 11) is 0. The van der Waals surface area contributed by atoms with Crippen LogP contribution in [-0.4, -0.2) is 54.3 Å². The minimum atomic E-state index is -0.796. The van der Waals surface area contributed by atoms with Gasteiger partial charge in [0.25, 0.3) is 0 Å². The third-order valence-electron chi connectivity index (χ3n) is 5.75. The summed E-state index contributed by atoms with van der Waals surface area (Å²) in [5.41, 5.74) is 0. The lowest BCUT2D eigenvalue weighted by atomic mass is 9.86. The van der Waals surface area contributed by atoms with Crippen molar-refractivity contribution < 1.29 is 29.2 Å². The number of hydrogen-bond acceptors (Lipinski definition) is 6. The topological polar surface area (TPSA) is 77.4 Å². The van der Waals surface area contributed by atoms with Crippen LogP contribution in [0.4, 0.5) is 0 Å². The molecule has 2 aliphatic heterocycles. The van der Waals surface area contributed by atoms with E-state index in [9.17, 15) is 10.2 Å². The average Bonchev–Trinajstić information content (AvgIpc) is 3.28. The minimum Gasteiger partial charge on any atom is -0.488 e. The fraction of sp³-hybridized carbons (Fsp3) is 0.684. The van der Waals surface area contributed by atoms with Crippen LogP contribution in [0, 0.1) is 11.8 Å². The molecular weight excluding hydrogens is 360 g/mol. The largest absolute Gasteiger partial charge is 0.488 e. The highest BCUT2D eigenvalue weighted by molar-refractivity contribution is 6.30. The fourth-order valence-corrected chi connectivity index (χ4v) is 4.56. The number of halogens is 1. The Labute approximate surface area is 158 Å². The van der Waals surface area contributed by atoms with Crippen molar-refractivity contribution in [1.29, 1.82) is 0 Å². The maximum absolute atomic E-state index is 10.4. The zero-order chi connectivity index (χ0) is 18.1. The van der Waals surface area contributed by atoms with E-state index >= 15 is 0 Å². The number of aliphatic hydroxyl groups excluding tert-OH is 2. The van der Waals surface area contributed by atoms with Gasteiger partial charge in [-0.15, -0.1) is 0 Å². The first kappa shape index (κ1) is 18.5. The van der Waals surface area contributed by atoms with Gasteiger partial charge in [0.05, 0.1) is 25.4 Å². The van der Waals surface area contributed by atoms with Crippen molar-refractivity contribution in [3.05, 3.63) is 29.3 Å². The van der Waals surface area contributed by atoms with Crippen LogP contribution in [0.1, 0.15) is 25.7 Å². The molecule has 3 fully saturated rings. The third-order valence-corrected chi connectivity index (χ3v) is 6.00. The highest BCUT2D eigenvalue weighted by atomic mass is 35.5. The zero-order valence-electron chi connectivity index (χ0n) is 14.6. The van der Waals surface area contributed by atoms with E-state index in [1.54, 1.807) is 12.1 Å². The highest BCUT2D eigenvalue weighted by Crippen LogP contribution is 2.45. The van der Waals surface area contributed by atoms with Gasteiger partial charge in [-0.3, -0.25) is 0 Å². The van der Waals surface area contributed by atoms with Crippen molar-refractivity contribution in [2.24, 2.45) is 11.8 Å².